The molecule has 0 aliphatic heterocycles. The smallest absolute Gasteiger partial charge is 0.123 e. The van der Waals surface area contributed by atoms with Gasteiger partial charge in [-0.15, -0.1) is 0 Å². The molecule has 0 heterocycles. The Labute approximate surface area is 106 Å². The van der Waals surface area contributed by atoms with Gasteiger partial charge in [-0.1, -0.05) is 34.1 Å². The van der Waals surface area contributed by atoms with Crippen LogP contribution in [-0.2, 0) is 10.1 Å². The van der Waals surface area contributed by atoms with Gasteiger partial charge in [-0.2, -0.15) is 0 Å². The molecule has 0 N–H and O–H groups in total. The summed E-state index contributed by atoms with van der Waals surface area (Å²) in [5.41, 5.74) is 1.07. The molecule has 0 atom stereocenters. The van der Waals surface area contributed by atoms with Crippen molar-refractivity contribution < 1.29 is 9.47 Å². The van der Waals surface area contributed by atoms with Crippen molar-refractivity contribution >= 4 is 15.9 Å². The summed E-state index contributed by atoms with van der Waals surface area (Å²) in [5, 5.41) is 0.809. The van der Waals surface area contributed by atoms with Crippen LogP contribution in [0, 0.1) is 0 Å². The molecule has 0 aliphatic carbocycles. The molecular weight excluding hydrogens is 268 g/mol. The fourth-order valence-electron chi connectivity index (χ4n) is 1.25. The SMILES string of the molecule is CC(C)(C)OCCOc1ccccc1CBr. The fraction of sp³-hybridized carbons (Fsp3) is 0.538. The summed E-state index contributed by atoms with van der Waals surface area (Å²) in [5.74, 6) is 0.928. The van der Waals surface area contributed by atoms with Gasteiger partial charge in [0.1, 0.15) is 12.4 Å². The lowest BCUT2D eigenvalue weighted by atomic mass is 10.2. The summed E-state index contributed by atoms with van der Waals surface area (Å²) in [4.78, 5) is 0. The van der Waals surface area contributed by atoms with Gasteiger partial charge in [0.15, 0.2) is 0 Å². The van der Waals surface area contributed by atoms with Crippen LogP contribution in [0.3, 0.4) is 0 Å². The Morgan fingerprint density at radius 1 is 1.12 bits per heavy atom. The van der Waals surface area contributed by atoms with E-state index in [0.29, 0.717) is 13.2 Å². The molecular formula is C13H19BrO2. The Kier molecular flexibility index (Phi) is 5.29. The third-order valence-corrected chi connectivity index (χ3v) is 2.60. The van der Waals surface area contributed by atoms with Crippen LogP contribution in [0.15, 0.2) is 24.3 Å². The molecule has 16 heavy (non-hydrogen) atoms. The predicted octanol–water partition coefficient (Wildman–Crippen LogP) is 3.78. The van der Waals surface area contributed by atoms with Gasteiger partial charge < -0.3 is 9.47 Å². The minimum absolute atomic E-state index is 0.0989. The number of para-hydroxylation sites is 1. The fourth-order valence-corrected chi connectivity index (χ4v) is 1.72. The lowest BCUT2D eigenvalue weighted by Gasteiger charge is -2.19. The molecule has 0 saturated carbocycles. The van der Waals surface area contributed by atoms with Crippen molar-refractivity contribution in [3.63, 3.8) is 0 Å². The van der Waals surface area contributed by atoms with E-state index in [1.54, 1.807) is 0 Å². The van der Waals surface area contributed by atoms with E-state index in [2.05, 4.69) is 22.0 Å². The van der Waals surface area contributed by atoms with Crippen LogP contribution in [0.5, 0.6) is 5.75 Å². The molecule has 0 bridgehead atoms. The molecule has 2 nitrogen and oxygen atoms in total. The summed E-state index contributed by atoms with van der Waals surface area (Å²) in [6.07, 6.45) is 0. The molecule has 0 unspecified atom stereocenters. The molecule has 0 spiro atoms. The minimum Gasteiger partial charge on any atom is -0.491 e. The minimum atomic E-state index is -0.0989. The van der Waals surface area contributed by atoms with E-state index >= 15 is 0 Å². The van der Waals surface area contributed by atoms with E-state index in [0.717, 1.165) is 11.1 Å². The van der Waals surface area contributed by atoms with E-state index in [9.17, 15) is 0 Å². The Morgan fingerprint density at radius 3 is 2.44 bits per heavy atom. The maximum absolute atomic E-state index is 5.67. The normalized spacial score (nSPS) is 11.5. The van der Waals surface area contributed by atoms with Crippen LogP contribution >= 0.6 is 15.9 Å². The molecule has 0 aromatic heterocycles. The van der Waals surface area contributed by atoms with E-state index in [-0.39, 0.29) is 5.60 Å². The van der Waals surface area contributed by atoms with E-state index < -0.39 is 0 Å². The highest BCUT2D eigenvalue weighted by Gasteiger charge is 2.09. The maximum atomic E-state index is 5.67. The lowest BCUT2D eigenvalue weighted by molar-refractivity contribution is -0.0163. The Balaban J connectivity index is 2.37. The second kappa shape index (κ2) is 6.26. The van der Waals surface area contributed by atoms with Crippen molar-refractivity contribution in [1.82, 2.24) is 0 Å². The Hall–Kier alpha value is -0.540. The largest absolute Gasteiger partial charge is 0.491 e. The van der Waals surface area contributed by atoms with Gasteiger partial charge >= 0.3 is 0 Å². The molecule has 1 rings (SSSR count). The van der Waals surface area contributed by atoms with Crippen molar-refractivity contribution in [2.24, 2.45) is 0 Å². The summed E-state index contributed by atoms with van der Waals surface area (Å²) >= 11 is 3.44. The zero-order valence-electron chi connectivity index (χ0n) is 10.1. The van der Waals surface area contributed by atoms with Crippen LogP contribution in [0.2, 0.25) is 0 Å². The molecule has 0 aliphatic rings. The van der Waals surface area contributed by atoms with Crippen LogP contribution in [0.1, 0.15) is 26.3 Å². The van der Waals surface area contributed by atoms with Crippen molar-refractivity contribution in [3.05, 3.63) is 29.8 Å². The van der Waals surface area contributed by atoms with Gasteiger partial charge in [0, 0.05) is 10.9 Å². The zero-order valence-corrected chi connectivity index (χ0v) is 11.7. The van der Waals surface area contributed by atoms with Crippen molar-refractivity contribution in [2.75, 3.05) is 13.2 Å². The van der Waals surface area contributed by atoms with Crippen molar-refractivity contribution in [1.29, 1.82) is 0 Å². The number of benzene rings is 1. The average Bonchev–Trinajstić information content (AvgIpc) is 2.23. The van der Waals surface area contributed by atoms with Gasteiger partial charge in [0.05, 0.1) is 12.2 Å². The van der Waals surface area contributed by atoms with Crippen LogP contribution in [0.4, 0.5) is 0 Å². The summed E-state index contributed by atoms with van der Waals surface area (Å²) < 4.78 is 11.3. The first kappa shape index (κ1) is 13.5. The maximum Gasteiger partial charge on any atom is 0.123 e. The summed E-state index contributed by atoms with van der Waals surface area (Å²) in [7, 11) is 0. The molecule has 0 radical (unpaired) electrons. The first-order chi connectivity index (χ1) is 7.53. The predicted molar refractivity (Wildman–Crippen MR) is 70.3 cm³/mol. The second-order valence-electron chi connectivity index (χ2n) is 4.55. The third kappa shape index (κ3) is 4.99. The highest BCUT2D eigenvalue weighted by Crippen LogP contribution is 2.20. The number of rotatable bonds is 5. The molecule has 0 fully saturated rings. The van der Waals surface area contributed by atoms with Gasteiger partial charge in [-0.3, -0.25) is 0 Å². The van der Waals surface area contributed by atoms with Crippen LogP contribution < -0.4 is 4.74 Å². The molecule has 90 valence electrons. The first-order valence-electron chi connectivity index (χ1n) is 5.43. The number of halogens is 1. The Bertz CT molecular complexity index is 318. The van der Waals surface area contributed by atoms with E-state index in [1.165, 1.54) is 5.56 Å². The van der Waals surface area contributed by atoms with Crippen LogP contribution in [0.25, 0.3) is 0 Å². The lowest BCUT2D eigenvalue weighted by Crippen LogP contribution is -2.22. The van der Waals surface area contributed by atoms with Gasteiger partial charge in [0.25, 0.3) is 0 Å². The summed E-state index contributed by atoms with van der Waals surface area (Å²) in [6, 6.07) is 8.02. The zero-order chi connectivity index (χ0) is 12.0. The van der Waals surface area contributed by atoms with Crippen molar-refractivity contribution in [2.45, 2.75) is 31.7 Å². The summed E-state index contributed by atoms with van der Waals surface area (Å²) in [6.45, 7) is 7.32. The molecule has 0 amide bonds. The average molecular weight is 287 g/mol. The van der Waals surface area contributed by atoms with E-state index in [1.807, 2.05) is 39.0 Å². The first-order valence-corrected chi connectivity index (χ1v) is 6.56. The topological polar surface area (TPSA) is 18.5 Å². The van der Waals surface area contributed by atoms with Gasteiger partial charge in [-0.25, -0.2) is 0 Å². The number of ether oxygens (including phenoxy) is 2. The third-order valence-electron chi connectivity index (χ3n) is 1.99. The molecule has 3 heteroatoms. The molecule has 1 aromatic carbocycles. The monoisotopic (exact) mass is 286 g/mol. The Morgan fingerprint density at radius 2 is 1.81 bits per heavy atom. The highest BCUT2D eigenvalue weighted by molar-refractivity contribution is 9.08. The molecule has 1 aromatic rings. The standard InChI is InChI=1S/C13H19BrO2/c1-13(2,3)16-9-8-15-12-7-5-4-6-11(12)10-14/h4-7H,8-10H2,1-3H3. The number of alkyl halides is 1. The number of hydrogen-bond acceptors (Lipinski definition) is 2. The van der Waals surface area contributed by atoms with Gasteiger partial charge in [-0.05, 0) is 26.8 Å². The van der Waals surface area contributed by atoms with Crippen LogP contribution in [-0.4, -0.2) is 18.8 Å². The van der Waals surface area contributed by atoms with E-state index in [4.69, 9.17) is 9.47 Å². The second-order valence-corrected chi connectivity index (χ2v) is 5.11. The van der Waals surface area contributed by atoms with Gasteiger partial charge in [0.2, 0.25) is 0 Å². The quantitative estimate of drug-likeness (QED) is 0.606. The molecule has 0 saturated heterocycles. The highest BCUT2D eigenvalue weighted by atomic mass is 79.9. The number of hydrogen-bond donors (Lipinski definition) is 0. The van der Waals surface area contributed by atoms with Crippen molar-refractivity contribution in [3.8, 4) is 5.75 Å².